The fourth-order valence-corrected chi connectivity index (χ4v) is 2.48. The Morgan fingerprint density at radius 1 is 1.00 bits per heavy atom. The quantitative estimate of drug-likeness (QED) is 0.619. The SMILES string of the molecule is O=C1NC(=O)C(=Cc2cccc(C(F)(F)F)c2C(F)(F)F)S1. The van der Waals surface area contributed by atoms with Gasteiger partial charge in [0.2, 0.25) is 0 Å². The summed E-state index contributed by atoms with van der Waals surface area (Å²) in [5, 5.41) is 0.995. The van der Waals surface area contributed by atoms with Crippen LogP contribution in [0, 0.1) is 0 Å². The Balaban J connectivity index is 2.65. The summed E-state index contributed by atoms with van der Waals surface area (Å²) in [5.41, 5.74) is -4.60. The van der Waals surface area contributed by atoms with Crippen molar-refractivity contribution in [1.29, 1.82) is 0 Å². The van der Waals surface area contributed by atoms with Crippen LogP contribution in [0.5, 0.6) is 0 Å². The minimum Gasteiger partial charge on any atom is -0.282 e. The number of hydrogen-bond acceptors (Lipinski definition) is 3. The van der Waals surface area contributed by atoms with E-state index in [1.54, 1.807) is 5.32 Å². The normalized spacial score (nSPS) is 18.0. The zero-order valence-electron chi connectivity index (χ0n) is 10.3. The fourth-order valence-electron chi connectivity index (χ4n) is 1.81. The summed E-state index contributed by atoms with van der Waals surface area (Å²) in [5.74, 6) is -0.958. The molecule has 0 unspecified atom stereocenters. The molecule has 10 heteroatoms. The third kappa shape index (κ3) is 3.26. The van der Waals surface area contributed by atoms with Crippen LogP contribution in [0.1, 0.15) is 16.7 Å². The lowest BCUT2D eigenvalue weighted by molar-refractivity contribution is -0.162. The van der Waals surface area contributed by atoms with E-state index in [1.165, 1.54) is 0 Å². The second kappa shape index (κ2) is 5.34. The Bertz CT molecular complexity index is 677. The zero-order chi connectivity index (χ0) is 16.7. The summed E-state index contributed by atoms with van der Waals surface area (Å²) in [7, 11) is 0. The monoisotopic (exact) mass is 341 g/mol. The number of carbonyl (C=O) groups excluding carboxylic acids is 2. The molecule has 2 amide bonds. The second-order valence-electron chi connectivity index (χ2n) is 4.12. The summed E-state index contributed by atoms with van der Waals surface area (Å²) in [4.78, 5) is 21.8. The molecule has 0 spiro atoms. The first-order chi connectivity index (χ1) is 10.00. The molecule has 0 aliphatic carbocycles. The number of carbonyl (C=O) groups is 2. The third-order valence-corrected chi connectivity index (χ3v) is 3.42. The average molecular weight is 341 g/mol. The highest BCUT2D eigenvalue weighted by Crippen LogP contribution is 2.43. The van der Waals surface area contributed by atoms with Gasteiger partial charge in [-0.1, -0.05) is 12.1 Å². The molecule has 1 aliphatic heterocycles. The van der Waals surface area contributed by atoms with E-state index in [-0.39, 0.29) is 0 Å². The number of alkyl halides is 6. The number of rotatable bonds is 1. The first kappa shape index (κ1) is 16.4. The lowest BCUT2D eigenvalue weighted by Gasteiger charge is -2.17. The molecule has 0 aromatic heterocycles. The van der Waals surface area contributed by atoms with Gasteiger partial charge in [0.25, 0.3) is 11.1 Å². The Morgan fingerprint density at radius 3 is 2.09 bits per heavy atom. The maximum Gasteiger partial charge on any atom is 0.417 e. The van der Waals surface area contributed by atoms with Gasteiger partial charge in [0, 0.05) is 0 Å². The van der Waals surface area contributed by atoms with Crippen LogP contribution in [-0.4, -0.2) is 11.1 Å². The minimum absolute atomic E-state index is 0.303. The van der Waals surface area contributed by atoms with Crippen LogP contribution in [0.2, 0.25) is 0 Å². The first-order valence-corrected chi connectivity index (χ1v) is 6.34. The summed E-state index contributed by atoms with van der Waals surface area (Å²) < 4.78 is 77.2. The third-order valence-electron chi connectivity index (χ3n) is 2.61. The molecule has 0 bridgehead atoms. The van der Waals surface area contributed by atoms with Crippen molar-refractivity contribution in [3.8, 4) is 0 Å². The Morgan fingerprint density at radius 2 is 1.64 bits per heavy atom. The van der Waals surface area contributed by atoms with E-state index in [2.05, 4.69) is 0 Å². The number of amides is 2. The van der Waals surface area contributed by atoms with Crippen molar-refractivity contribution in [2.75, 3.05) is 0 Å². The van der Waals surface area contributed by atoms with E-state index in [1.807, 2.05) is 0 Å². The van der Waals surface area contributed by atoms with Crippen molar-refractivity contribution in [3.05, 3.63) is 39.8 Å². The number of thioether (sulfide) groups is 1. The summed E-state index contributed by atoms with van der Waals surface area (Å²) >= 11 is 0.314. The Hall–Kier alpha value is -1.97. The molecule has 1 N–H and O–H groups in total. The molecule has 1 aromatic carbocycles. The van der Waals surface area contributed by atoms with Crippen LogP contribution in [0.4, 0.5) is 31.1 Å². The van der Waals surface area contributed by atoms with Crippen LogP contribution >= 0.6 is 11.8 Å². The van der Waals surface area contributed by atoms with E-state index in [0.29, 0.717) is 23.9 Å². The van der Waals surface area contributed by atoms with Crippen LogP contribution in [0.25, 0.3) is 6.08 Å². The maximum atomic E-state index is 13.0. The molecule has 0 atom stereocenters. The predicted molar refractivity (Wildman–Crippen MR) is 65.6 cm³/mol. The van der Waals surface area contributed by atoms with Gasteiger partial charge in [0.05, 0.1) is 16.0 Å². The zero-order valence-corrected chi connectivity index (χ0v) is 11.1. The van der Waals surface area contributed by atoms with Gasteiger partial charge < -0.3 is 0 Å². The largest absolute Gasteiger partial charge is 0.417 e. The average Bonchev–Trinajstić information content (AvgIpc) is 2.65. The fraction of sp³-hybridized carbons (Fsp3) is 0.167. The highest BCUT2D eigenvalue weighted by Gasteiger charge is 2.44. The number of halogens is 6. The molecule has 0 radical (unpaired) electrons. The molecule has 0 saturated carbocycles. The van der Waals surface area contributed by atoms with E-state index in [9.17, 15) is 35.9 Å². The number of imide groups is 1. The molecule has 22 heavy (non-hydrogen) atoms. The number of benzene rings is 1. The number of nitrogens with one attached hydrogen (secondary N) is 1. The smallest absolute Gasteiger partial charge is 0.282 e. The van der Waals surface area contributed by atoms with Crippen molar-refractivity contribution in [2.45, 2.75) is 12.4 Å². The van der Waals surface area contributed by atoms with Crippen molar-refractivity contribution in [2.24, 2.45) is 0 Å². The predicted octanol–water partition coefficient (Wildman–Crippen LogP) is 4.05. The first-order valence-electron chi connectivity index (χ1n) is 5.52. The van der Waals surface area contributed by atoms with E-state index in [4.69, 9.17) is 0 Å². The van der Waals surface area contributed by atoms with Crippen molar-refractivity contribution in [3.63, 3.8) is 0 Å². The molecule has 1 fully saturated rings. The van der Waals surface area contributed by atoms with Gasteiger partial charge in [-0.3, -0.25) is 14.9 Å². The molecule has 118 valence electrons. The summed E-state index contributed by atoms with van der Waals surface area (Å²) in [6.45, 7) is 0. The molecule has 3 nitrogen and oxygen atoms in total. The van der Waals surface area contributed by atoms with Crippen LogP contribution < -0.4 is 5.32 Å². The molecule has 2 rings (SSSR count). The Kier molecular flexibility index (Phi) is 3.98. The van der Waals surface area contributed by atoms with Gasteiger partial charge in [0.1, 0.15) is 0 Å². The van der Waals surface area contributed by atoms with Crippen molar-refractivity contribution in [1.82, 2.24) is 5.32 Å². The molecule has 1 aliphatic rings. The standard InChI is InChI=1S/C12H5F6NO2S/c13-11(14,15)6-3-1-2-5(8(6)12(16,17)18)4-7-9(20)19-10(21)22-7/h1-4H,(H,19,20,21). The van der Waals surface area contributed by atoms with Crippen LogP contribution in [0.15, 0.2) is 23.1 Å². The molecular formula is C12H5F6NO2S. The Labute approximate surface area is 123 Å². The van der Waals surface area contributed by atoms with Crippen LogP contribution in [0.3, 0.4) is 0 Å². The highest BCUT2D eigenvalue weighted by atomic mass is 32.2. The minimum atomic E-state index is -5.28. The molecule has 1 aromatic rings. The lowest BCUT2D eigenvalue weighted by Crippen LogP contribution is -2.19. The molecular weight excluding hydrogens is 336 g/mol. The van der Waals surface area contributed by atoms with Gasteiger partial charge >= 0.3 is 12.4 Å². The van der Waals surface area contributed by atoms with Crippen LogP contribution in [-0.2, 0) is 17.1 Å². The maximum absolute atomic E-state index is 13.0. The van der Waals surface area contributed by atoms with Gasteiger partial charge in [-0.25, -0.2) is 0 Å². The van der Waals surface area contributed by atoms with E-state index in [0.717, 1.165) is 12.1 Å². The molecule has 1 saturated heterocycles. The second-order valence-corrected chi connectivity index (χ2v) is 5.13. The van der Waals surface area contributed by atoms with Gasteiger partial charge in [-0.2, -0.15) is 26.3 Å². The van der Waals surface area contributed by atoms with E-state index < -0.39 is 45.1 Å². The summed E-state index contributed by atoms with van der Waals surface area (Å²) in [6, 6.07) is 1.89. The van der Waals surface area contributed by atoms with Gasteiger partial charge in [0.15, 0.2) is 0 Å². The van der Waals surface area contributed by atoms with E-state index >= 15 is 0 Å². The van der Waals surface area contributed by atoms with Gasteiger partial charge in [-0.05, 0) is 29.5 Å². The molecule has 1 heterocycles. The van der Waals surface area contributed by atoms with Crippen molar-refractivity contribution >= 4 is 29.0 Å². The highest BCUT2D eigenvalue weighted by molar-refractivity contribution is 8.18. The topological polar surface area (TPSA) is 46.2 Å². The summed E-state index contributed by atoms with van der Waals surface area (Å²) in [6.07, 6.45) is -9.87. The van der Waals surface area contributed by atoms with Gasteiger partial charge in [-0.15, -0.1) is 0 Å². The van der Waals surface area contributed by atoms with Crippen molar-refractivity contribution < 1.29 is 35.9 Å². The lowest BCUT2D eigenvalue weighted by atomic mass is 9.99. The number of hydrogen-bond donors (Lipinski definition) is 1.